The fraction of sp³-hybridized carbons (Fsp3) is 0.889. The Morgan fingerprint density at radius 3 is 2.50 bits per heavy atom. The van der Waals surface area contributed by atoms with Gasteiger partial charge in [0.1, 0.15) is 0 Å². The van der Waals surface area contributed by atoms with Crippen molar-refractivity contribution in [2.75, 3.05) is 13.7 Å². The molecule has 1 fully saturated rings. The maximum absolute atomic E-state index is 10.3. The number of ether oxygens (including phenoxy) is 1. The van der Waals surface area contributed by atoms with Gasteiger partial charge in [-0.3, -0.25) is 0 Å². The summed E-state index contributed by atoms with van der Waals surface area (Å²) in [6, 6.07) is 0.158. The second-order valence-corrected chi connectivity index (χ2v) is 3.62. The number of hydrogen-bond donors (Lipinski definition) is 2. The number of carboxylic acid groups (broad SMARTS) is 1. The van der Waals surface area contributed by atoms with Crippen molar-refractivity contribution in [1.29, 1.82) is 0 Å². The van der Waals surface area contributed by atoms with Crippen LogP contribution < -0.4 is 34.9 Å². The standard InChI is InChI=1S/C9H17NO3.Na.H/c1-13-6-7-2-4-8(5-3-7)10-9(11)12;;/h7-8,10H,2-6H2,1H3,(H,11,12);;/q;+1;-1. The van der Waals surface area contributed by atoms with Crippen LogP contribution in [0.5, 0.6) is 0 Å². The predicted octanol–water partition coefficient (Wildman–Crippen LogP) is -1.42. The Labute approximate surface area is 108 Å². The maximum Gasteiger partial charge on any atom is 1.00 e. The van der Waals surface area contributed by atoms with Crippen molar-refractivity contribution >= 4 is 6.09 Å². The SMILES string of the molecule is COCC1CCC(NC(=O)O)CC1.[H-].[Na+]. The molecule has 14 heavy (non-hydrogen) atoms. The van der Waals surface area contributed by atoms with Crippen LogP contribution in [0, 0.1) is 5.92 Å². The molecule has 78 valence electrons. The van der Waals surface area contributed by atoms with Gasteiger partial charge in [0.15, 0.2) is 0 Å². The first-order valence-corrected chi connectivity index (χ1v) is 4.70. The molecule has 0 bridgehead atoms. The molecule has 0 atom stereocenters. The van der Waals surface area contributed by atoms with Crippen molar-refractivity contribution in [3.8, 4) is 0 Å². The van der Waals surface area contributed by atoms with Crippen molar-refractivity contribution in [2.45, 2.75) is 31.7 Å². The van der Waals surface area contributed by atoms with Gasteiger partial charge >= 0.3 is 35.7 Å². The topological polar surface area (TPSA) is 58.6 Å². The van der Waals surface area contributed by atoms with E-state index in [1.54, 1.807) is 7.11 Å². The Morgan fingerprint density at radius 2 is 2.07 bits per heavy atom. The fourth-order valence-electron chi connectivity index (χ4n) is 1.88. The zero-order valence-electron chi connectivity index (χ0n) is 9.95. The van der Waals surface area contributed by atoms with Crippen molar-refractivity contribution in [2.24, 2.45) is 5.92 Å². The van der Waals surface area contributed by atoms with E-state index in [0.29, 0.717) is 5.92 Å². The summed E-state index contributed by atoms with van der Waals surface area (Å²) in [5.74, 6) is 0.622. The summed E-state index contributed by atoms with van der Waals surface area (Å²) < 4.78 is 5.06. The van der Waals surface area contributed by atoms with Crippen molar-refractivity contribution in [1.82, 2.24) is 5.32 Å². The molecule has 0 aromatic carbocycles. The van der Waals surface area contributed by atoms with Crippen LogP contribution in [0.3, 0.4) is 0 Å². The molecule has 1 amide bonds. The van der Waals surface area contributed by atoms with Gasteiger partial charge in [0, 0.05) is 19.8 Å². The molecule has 5 heteroatoms. The van der Waals surface area contributed by atoms with E-state index in [2.05, 4.69) is 5.32 Å². The van der Waals surface area contributed by atoms with Gasteiger partial charge in [-0.25, -0.2) is 4.79 Å². The van der Waals surface area contributed by atoms with Crippen LogP contribution in [0.2, 0.25) is 0 Å². The summed E-state index contributed by atoms with van der Waals surface area (Å²) in [4.78, 5) is 10.3. The molecular weight excluding hydrogens is 193 g/mol. The van der Waals surface area contributed by atoms with Crippen molar-refractivity contribution in [3.63, 3.8) is 0 Å². The van der Waals surface area contributed by atoms with Crippen LogP contribution >= 0.6 is 0 Å². The van der Waals surface area contributed by atoms with Crippen molar-refractivity contribution in [3.05, 3.63) is 0 Å². The summed E-state index contributed by atoms with van der Waals surface area (Å²) in [5.41, 5.74) is 0. The number of methoxy groups -OCH3 is 1. The summed E-state index contributed by atoms with van der Waals surface area (Å²) in [7, 11) is 1.71. The molecule has 1 aliphatic carbocycles. The smallest absolute Gasteiger partial charge is 1.00 e. The molecule has 0 spiro atoms. The van der Waals surface area contributed by atoms with Gasteiger partial charge in [0.25, 0.3) is 0 Å². The van der Waals surface area contributed by atoms with E-state index in [9.17, 15) is 4.79 Å². The van der Waals surface area contributed by atoms with Crippen LogP contribution in [-0.4, -0.2) is 31.0 Å². The molecule has 4 nitrogen and oxygen atoms in total. The minimum absolute atomic E-state index is 0. The van der Waals surface area contributed by atoms with Crippen LogP contribution in [0.25, 0.3) is 0 Å². The van der Waals surface area contributed by atoms with Gasteiger partial charge < -0.3 is 16.6 Å². The van der Waals surface area contributed by atoms with E-state index >= 15 is 0 Å². The van der Waals surface area contributed by atoms with Crippen LogP contribution in [0.4, 0.5) is 4.79 Å². The Kier molecular flexibility index (Phi) is 7.64. The molecular formula is C9H18NNaO3. The van der Waals surface area contributed by atoms with Gasteiger partial charge in [-0.1, -0.05) is 0 Å². The summed E-state index contributed by atoms with van der Waals surface area (Å²) in [6.45, 7) is 0.805. The number of nitrogens with one attached hydrogen (secondary N) is 1. The summed E-state index contributed by atoms with van der Waals surface area (Å²) in [6.07, 6.45) is 3.12. The van der Waals surface area contributed by atoms with Crippen LogP contribution in [0.1, 0.15) is 27.1 Å². The molecule has 0 heterocycles. The van der Waals surface area contributed by atoms with E-state index < -0.39 is 6.09 Å². The third-order valence-electron chi connectivity index (χ3n) is 2.58. The van der Waals surface area contributed by atoms with Crippen LogP contribution in [0.15, 0.2) is 0 Å². The average Bonchev–Trinajstić information content (AvgIpc) is 2.08. The third kappa shape index (κ3) is 5.20. The minimum atomic E-state index is -0.907. The first-order valence-electron chi connectivity index (χ1n) is 4.70. The Bertz CT molecular complexity index is 175. The maximum atomic E-state index is 10.3. The second kappa shape index (κ2) is 7.51. The molecule has 1 rings (SSSR count). The molecule has 2 N–H and O–H groups in total. The largest absolute Gasteiger partial charge is 1.00 e. The molecule has 1 saturated carbocycles. The summed E-state index contributed by atoms with van der Waals surface area (Å²) >= 11 is 0. The van der Waals surface area contributed by atoms with Gasteiger partial charge in [-0.15, -0.1) is 0 Å². The van der Waals surface area contributed by atoms with Gasteiger partial charge in [-0.05, 0) is 31.6 Å². The van der Waals surface area contributed by atoms with Crippen molar-refractivity contribution < 1.29 is 45.6 Å². The zero-order valence-corrected chi connectivity index (χ0v) is 11.0. The molecule has 0 unspecified atom stereocenters. The molecule has 0 radical (unpaired) electrons. The second-order valence-electron chi connectivity index (χ2n) is 3.62. The number of hydrogen-bond acceptors (Lipinski definition) is 2. The molecule has 0 aliphatic heterocycles. The molecule has 0 aromatic heterocycles. The number of amides is 1. The Hall–Kier alpha value is 0.230. The normalized spacial score (nSPS) is 26.4. The van der Waals surface area contributed by atoms with Gasteiger partial charge in [0.05, 0.1) is 0 Å². The quantitative estimate of drug-likeness (QED) is 0.563. The Balaban J connectivity index is 0. The third-order valence-corrected chi connectivity index (χ3v) is 2.58. The number of carbonyl (C=O) groups is 1. The average molecular weight is 211 g/mol. The van der Waals surface area contributed by atoms with E-state index in [1.165, 1.54) is 0 Å². The van der Waals surface area contributed by atoms with E-state index in [1.807, 2.05) is 0 Å². The predicted molar refractivity (Wildman–Crippen MR) is 49.9 cm³/mol. The van der Waals surface area contributed by atoms with E-state index in [4.69, 9.17) is 9.84 Å². The molecule has 0 saturated heterocycles. The molecule has 0 aromatic rings. The monoisotopic (exact) mass is 211 g/mol. The Morgan fingerprint density at radius 1 is 1.50 bits per heavy atom. The van der Waals surface area contributed by atoms with E-state index in [-0.39, 0.29) is 37.0 Å². The van der Waals surface area contributed by atoms with Gasteiger partial charge in [0.2, 0.25) is 0 Å². The van der Waals surface area contributed by atoms with Gasteiger partial charge in [-0.2, -0.15) is 0 Å². The van der Waals surface area contributed by atoms with E-state index in [0.717, 1.165) is 32.3 Å². The summed E-state index contributed by atoms with van der Waals surface area (Å²) in [5, 5.41) is 11.0. The zero-order chi connectivity index (χ0) is 9.68. The van der Waals surface area contributed by atoms with Crippen LogP contribution in [-0.2, 0) is 4.74 Å². The molecule has 1 aliphatic rings. The minimum Gasteiger partial charge on any atom is -1.00 e. The fourth-order valence-corrected chi connectivity index (χ4v) is 1.88. The first kappa shape index (κ1) is 14.2. The number of rotatable bonds is 3. The first-order chi connectivity index (χ1) is 6.22.